The van der Waals surface area contributed by atoms with Crippen LogP contribution < -0.4 is 0 Å². The third-order valence-electron chi connectivity index (χ3n) is 2.65. The zero-order chi connectivity index (χ0) is 30.3. The topological polar surface area (TPSA) is 315 Å². The van der Waals surface area contributed by atoms with Crippen molar-refractivity contribution in [1.29, 1.82) is 0 Å². The lowest BCUT2D eigenvalue weighted by Gasteiger charge is -1.98. The van der Waals surface area contributed by atoms with Gasteiger partial charge in [0.2, 0.25) is 11.6 Å². The molecule has 36 heavy (non-hydrogen) atoms. The number of aliphatic hydroxyl groups excluding tert-OH is 1. The summed E-state index contributed by atoms with van der Waals surface area (Å²) in [6.07, 6.45) is -2.85. The molecule has 0 radical (unpaired) electrons. The Labute approximate surface area is 203 Å². The lowest BCUT2D eigenvalue weighted by atomic mass is 10.1. The molecule has 0 spiro atoms. The van der Waals surface area contributed by atoms with Gasteiger partial charge in [-0.25, -0.2) is 14.4 Å². The lowest BCUT2D eigenvalue weighted by molar-refractivity contribution is -0.152. The van der Waals surface area contributed by atoms with E-state index in [1.807, 2.05) is 0 Å². The van der Waals surface area contributed by atoms with E-state index < -0.39 is 71.8 Å². The van der Waals surface area contributed by atoms with Gasteiger partial charge in [-0.1, -0.05) is 20.8 Å². The van der Waals surface area contributed by atoms with Crippen LogP contribution >= 0.6 is 0 Å². The Kier molecular flexibility index (Phi) is 27.6. The Morgan fingerprint density at radius 2 is 0.778 bits per heavy atom. The molecule has 0 fully saturated rings. The molecule has 0 aliphatic carbocycles. The Morgan fingerprint density at radius 1 is 0.528 bits per heavy atom. The molecular formula is C19H30O17. The van der Waals surface area contributed by atoms with Gasteiger partial charge in [-0.2, -0.15) is 0 Å². The molecule has 0 rings (SSSR count). The smallest absolute Gasteiger partial charge is 0.371 e. The van der Waals surface area contributed by atoms with Crippen LogP contribution in [0.5, 0.6) is 0 Å². The first-order chi connectivity index (χ1) is 16.0. The molecule has 0 heterocycles. The summed E-state index contributed by atoms with van der Waals surface area (Å²) >= 11 is 0. The number of Topliss-reactive ketones (excluding diaryl/α,β-unsaturated/α-hetero) is 2. The number of ketones is 2. The van der Waals surface area contributed by atoms with Crippen LogP contribution in [-0.4, -0.2) is 100 Å². The number of carboxylic acids is 7. The highest BCUT2D eigenvalue weighted by atomic mass is 16.4. The molecule has 0 bridgehead atoms. The maximum atomic E-state index is 9.97. The number of hydrogen-bond donors (Lipinski definition) is 8. The fourth-order valence-corrected chi connectivity index (χ4v) is 0.602. The van der Waals surface area contributed by atoms with Crippen LogP contribution in [0.25, 0.3) is 0 Å². The van der Waals surface area contributed by atoms with Crippen molar-refractivity contribution in [2.24, 2.45) is 11.8 Å². The number of hydrogen-bond acceptors (Lipinski definition) is 10. The van der Waals surface area contributed by atoms with Gasteiger partial charge >= 0.3 is 41.8 Å². The second-order valence-electron chi connectivity index (χ2n) is 6.50. The maximum absolute atomic E-state index is 9.97. The van der Waals surface area contributed by atoms with Crippen molar-refractivity contribution >= 4 is 53.4 Å². The number of aliphatic carboxylic acids is 7. The molecule has 0 saturated carbocycles. The van der Waals surface area contributed by atoms with Crippen LogP contribution in [-0.2, 0) is 43.2 Å². The number of carboxylic acid groups (broad SMARTS) is 7. The summed E-state index contributed by atoms with van der Waals surface area (Å²) in [5.74, 6) is -11.2. The van der Waals surface area contributed by atoms with Gasteiger partial charge in [0, 0.05) is 13.8 Å². The van der Waals surface area contributed by atoms with Crippen molar-refractivity contribution in [2.75, 3.05) is 0 Å². The van der Waals surface area contributed by atoms with E-state index in [2.05, 4.69) is 0 Å². The maximum Gasteiger partial charge on any atom is 0.371 e. The molecular weight excluding hydrogens is 500 g/mol. The summed E-state index contributed by atoms with van der Waals surface area (Å²) in [6.45, 7) is 6.64. The third kappa shape index (κ3) is 43.5. The zero-order valence-corrected chi connectivity index (χ0v) is 19.9. The number of carbonyl (C=O) groups excluding carboxylic acids is 2. The average Bonchev–Trinajstić information content (AvgIpc) is 2.68. The predicted octanol–water partition coefficient (Wildman–Crippen LogP) is -0.865. The van der Waals surface area contributed by atoms with E-state index in [4.69, 9.17) is 40.9 Å². The van der Waals surface area contributed by atoms with Crippen LogP contribution in [0.3, 0.4) is 0 Å². The fourth-order valence-electron chi connectivity index (χ4n) is 0.602. The van der Waals surface area contributed by atoms with Crippen LogP contribution in [0.15, 0.2) is 0 Å². The molecule has 0 aliphatic heterocycles. The van der Waals surface area contributed by atoms with Gasteiger partial charge in [0.1, 0.15) is 0 Å². The highest BCUT2D eigenvalue weighted by Gasteiger charge is 2.16. The molecule has 0 amide bonds. The quantitative estimate of drug-likeness (QED) is 0.168. The minimum Gasteiger partial charge on any atom is -0.481 e. The summed E-state index contributed by atoms with van der Waals surface area (Å²) in [5.41, 5.74) is 0. The van der Waals surface area contributed by atoms with E-state index in [1.54, 1.807) is 13.8 Å². The SMILES string of the molecule is CC(=O)C(=O)O.CC(=O)C(=O)O.CC(C)C(=O)O.CC(CC(=O)O)C(=O)O.O=C(O)CC(O)C(=O)O. The number of rotatable bonds is 9. The summed E-state index contributed by atoms with van der Waals surface area (Å²) in [7, 11) is 0. The minimum absolute atomic E-state index is 0.231. The molecule has 0 aromatic heterocycles. The highest BCUT2D eigenvalue weighted by Crippen LogP contribution is 1.99. The number of aliphatic hydroxyl groups is 1. The summed E-state index contributed by atoms with van der Waals surface area (Å²) < 4.78 is 0. The fraction of sp³-hybridized carbons (Fsp3) is 0.526. The molecule has 17 nitrogen and oxygen atoms in total. The Morgan fingerprint density at radius 3 is 0.833 bits per heavy atom. The van der Waals surface area contributed by atoms with E-state index in [0.717, 1.165) is 13.8 Å². The lowest BCUT2D eigenvalue weighted by Crippen LogP contribution is -2.22. The highest BCUT2D eigenvalue weighted by molar-refractivity contribution is 6.31. The van der Waals surface area contributed by atoms with Crippen LogP contribution in [0.2, 0.25) is 0 Å². The van der Waals surface area contributed by atoms with Crippen molar-refractivity contribution in [1.82, 2.24) is 0 Å². The van der Waals surface area contributed by atoms with E-state index >= 15 is 0 Å². The van der Waals surface area contributed by atoms with Gasteiger partial charge in [-0.15, -0.1) is 0 Å². The van der Waals surface area contributed by atoms with Crippen LogP contribution in [0, 0.1) is 11.8 Å². The molecule has 0 saturated heterocycles. The second kappa shape index (κ2) is 23.7. The van der Waals surface area contributed by atoms with E-state index in [1.165, 1.54) is 6.92 Å². The van der Waals surface area contributed by atoms with Gasteiger partial charge in [0.25, 0.3) is 0 Å². The Hall–Kier alpha value is -4.41. The molecule has 8 N–H and O–H groups in total. The molecule has 17 heteroatoms. The van der Waals surface area contributed by atoms with Gasteiger partial charge in [-0.3, -0.25) is 28.8 Å². The first-order valence-corrected chi connectivity index (χ1v) is 9.28. The van der Waals surface area contributed by atoms with Gasteiger partial charge in [-0.05, 0) is 0 Å². The van der Waals surface area contributed by atoms with E-state index in [9.17, 15) is 43.2 Å². The van der Waals surface area contributed by atoms with Gasteiger partial charge in [0.05, 0.1) is 24.7 Å². The van der Waals surface area contributed by atoms with Crippen LogP contribution in [0.1, 0.15) is 47.5 Å². The third-order valence-corrected chi connectivity index (χ3v) is 2.65. The van der Waals surface area contributed by atoms with Crippen molar-refractivity contribution in [3.05, 3.63) is 0 Å². The normalized spacial score (nSPS) is 10.3. The largest absolute Gasteiger partial charge is 0.481 e. The Bertz CT molecular complexity index is 701. The van der Waals surface area contributed by atoms with Crippen molar-refractivity contribution < 1.29 is 84.0 Å². The van der Waals surface area contributed by atoms with Gasteiger partial charge < -0.3 is 40.9 Å². The Balaban J connectivity index is -0.000000113. The van der Waals surface area contributed by atoms with E-state index in [0.29, 0.717) is 0 Å². The zero-order valence-electron chi connectivity index (χ0n) is 19.9. The summed E-state index contributed by atoms with van der Waals surface area (Å²) in [6, 6.07) is 0. The van der Waals surface area contributed by atoms with E-state index in [-0.39, 0.29) is 12.3 Å². The molecule has 0 aliphatic rings. The molecule has 0 aromatic rings. The van der Waals surface area contributed by atoms with Crippen molar-refractivity contribution in [3.63, 3.8) is 0 Å². The summed E-state index contributed by atoms with van der Waals surface area (Å²) in [4.78, 5) is 86.7. The van der Waals surface area contributed by atoms with Crippen molar-refractivity contribution in [2.45, 2.75) is 53.6 Å². The molecule has 2 atom stereocenters. The first kappa shape index (κ1) is 41.8. The monoisotopic (exact) mass is 530 g/mol. The molecule has 208 valence electrons. The first-order valence-electron chi connectivity index (χ1n) is 9.28. The van der Waals surface area contributed by atoms with Gasteiger partial charge in [0.15, 0.2) is 6.10 Å². The molecule has 2 unspecified atom stereocenters. The predicted molar refractivity (Wildman–Crippen MR) is 114 cm³/mol. The molecule has 0 aromatic carbocycles. The average molecular weight is 530 g/mol. The summed E-state index contributed by atoms with van der Waals surface area (Å²) in [5, 5.41) is 63.7. The number of carbonyl (C=O) groups is 9. The van der Waals surface area contributed by atoms with Crippen LogP contribution in [0.4, 0.5) is 0 Å². The van der Waals surface area contributed by atoms with Crippen molar-refractivity contribution in [3.8, 4) is 0 Å². The standard InChI is InChI=1S/C5H8O4.C4H6O5.C4H8O2.2C3H4O3/c1-3(5(8)9)2-4(6)7;5-2(4(8)9)1-3(6)7;1-3(2)4(5)6;2*1-2(4)3(5)6/h3H,2H2,1H3,(H,6,7)(H,8,9);2,5H,1H2,(H,6,7)(H,8,9);3H,1-2H3,(H,5,6);2*1H3,(H,5,6). The minimum atomic E-state index is -1.79. The second-order valence-corrected chi connectivity index (χ2v) is 6.50.